The second kappa shape index (κ2) is 6.53. The fourth-order valence-electron chi connectivity index (χ4n) is 3.80. The van der Waals surface area contributed by atoms with Gasteiger partial charge in [0.25, 0.3) is 0 Å². The van der Waals surface area contributed by atoms with E-state index in [0.717, 1.165) is 16.8 Å². The summed E-state index contributed by atoms with van der Waals surface area (Å²) in [5.74, 6) is 1.33. The first-order valence-corrected chi connectivity index (χ1v) is 9.72. The van der Waals surface area contributed by atoms with Crippen molar-refractivity contribution in [2.24, 2.45) is 0 Å². The molecule has 0 saturated carbocycles. The third-order valence-electron chi connectivity index (χ3n) is 5.07. The molecule has 29 heavy (non-hydrogen) atoms. The number of aryl methyl sites for hydroxylation is 2. The molecule has 4 aromatic rings. The number of amides is 1. The number of hydrogen-bond donors (Lipinski definition) is 1. The van der Waals surface area contributed by atoms with Gasteiger partial charge in [-0.2, -0.15) is 14.3 Å². The van der Waals surface area contributed by atoms with E-state index in [4.69, 9.17) is 23.2 Å². The average molecular weight is 428 g/mol. The van der Waals surface area contributed by atoms with Gasteiger partial charge < -0.3 is 5.32 Å². The summed E-state index contributed by atoms with van der Waals surface area (Å²) in [6.07, 6.45) is 0.236. The lowest BCUT2D eigenvalue weighted by atomic mass is 9.85. The van der Waals surface area contributed by atoms with Crippen LogP contribution in [0.25, 0.3) is 11.5 Å². The quantitative estimate of drug-likeness (QED) is 0.526. The van der Waals surface area contributed by atoms with Gasteiger partial charge in [0.05, 0.1) is 5.69 Å². The molecule has 5 rings (SSSR count). The minimum Gasteiger partial charge on any atom is -0.310 e. The molecular weight excluding hydrogens is 413 g/mol. The number of carbonyl (C=O) groups excluding carboxylic acids is 1. The molecule has 1 amide bonds. The summed E-state index contributed by atoms with van der Waals surface area (Å²) in [6, 6.07) is 8.93. The molecule has 0 saturated heterocycles. The van der Waals surface area contributed by atoms with Crippen molar-refractivity contribution in [3.63, 3.8) is 0 Å². The predicted octanol–water partition coefficient (Wildman–Crippen LogP) is 3.71. The maximum absolute atomic E-state index is 12.6. The van der Waals surface area contributed by atoms with Crippen LogP contribution >= 0.6 is 23.2 Å². The van der Waals surface area contributed by atoms with Gasteiger partial charge in [0.2, 0.25) is 5.91 Å². The third-order valence-corrected chi connectivity index (χ3v) is 5.73. The fourth-order valence-corrected chi connectivity index (χ4v) is 4.46. The van der Waals surface area contributed by atoms with Gasteiger partial charge in [0, 0.05) is 27.9 Å². The first-order chi connectivity index (χ1) is 13.9. The molecule has 0 spiro atoms. The van der Waals surface area contributed by atoms with Crippen LogP contribution < -0.4 is 5.32 Å². The molecule has 1 atom stereocenters. The Morgan fingerprint density at radius 3 is 2.55 bits per heavy atom. The molecule has 0 bridgehead atoms. The summed E-state index contributed by atoms with van der Waals surface area (Å²) in [4.78, 5) is 12.6. The van der Waals surface area contributed by atoms with Gasteiger partial charge in [-0.1, -0.05) is 29.3 Å². The highest BCUT2D eigenvalue weighted by Gasteiger charge is 2.35. The lowest BCUT2D eigenvalue weighted by molar-refractivity contribution is -0.116. The number of nitrogens with one attached hydrogen (secondary N) is 1. The van der Waals surface area contributed by atoms with Crippen molar-refractivity contribution in [3.05, 3.63) is 63.0 Å². The number of halogens is 2. The first kappa shape index (κ1) is 18.1. The van der Waals surface area contributed by atoms with Crippen LogP contribution in [0.1, 0.15) is 35.0 Å². The zero-order valence-electron chi connectivity index (χ0n) is 15.5. The molecule has 1 aliphatic heterocycles. The number of rotatable bonds is 2. The molecule has 1 unspecified atom stereocenters. The molecule has 4 heterocycles. The van der Waals surface area contributed by atoms with Crippen molar-refractivity contribution in [1.29, 1.82) is 0 Å². The molecule has 1 aromatic carbocycles. The van der Waals surface area contributed by atoms with Gasteiger partial charge in [0.15, 0.2) is 17.3 Å². The summed E-state index contributed by atoms with van der Waals surface area (Å²) < 4.78 is 3.25. The van der Waals surface area contributed by atoms with Crippen LogP contribution in [0.5, 0.6) is 0 Å². The Morgan fingerprint density at radius 1 is 1.03 bits per heavy atom. The molecule has 146 valence electrons. The van der Waals surface area contributed by atoms with Gasteiger partial charge in [-0.05, 0) is 43.7 Å². The van der Waals surface area contributed by atoms with Crippen LogP contribution in [0.4, 0.5) is 5.82 Å². The number of nitrogens with zero attached hydrogens (tertiary/aromatic N) is 6. The number of aromatic nitrogens is 6. The van der Waals surface area contributed by atoms with E-state index in [-0.39, 0.29) is 18.2 Å². The molecule has 8 nitrogen and oxygen atoms in total. The Kier molecular flexibility index (Phi) is 4.07. The fraction of sp³-hybridized carbons (Fsp3) is 0.211. The maximum Gasteiger partial charge on any atom is 0.226 e. The minimum atomic E-state index is -0.297. The van der Waals surface area contributed by atoms with Crippen LogP contribution in [-0.4, -0.2) is 35.5 Å². The highest BCUT2D eigenvalue weighted by atomic mass is 35.5. The summed E-state index contributed by atoms with van der Waals surface area (Å²) >= 11 is 12.9. The second-order valence-corrected chi connectivity index (χ2v) is 7.72. The van der Waals surface area contributed by atoms with E-state index in [1.165, 1.54) is 0 Å². The third kappa shape index (κ3) is 2.79. The van der Waals surface area contributed by atoms with Crippen LogP contribution in [0.15, 0.2) is 30.3 Å². The van der Waals surface area contributed by atoms with Gasteiger partial charge in [0.1, 0.15) is 5.82 Å². The molecule has 3 aromatic heterocycles. The largest absolute Gasteiger partial charge is 0.310 e. The van der Waals surface area contributed by atoms with Gasteiger partial charge in [-0.15, -0.1) is 15.3 Å². The van der Waals surface area contributed by atoms with E-state index >= 15 is 0 Å². The number of fused-ring (bicyclic) bond motifs is 2. The van der Waals surface area contributed by atoms with E-state index in [1.807, 2.05) is 13.8 Å². The molecule has 10 heteroatoms. The Bertz CT molecular complexity index is 1270. The zero-order valence-corrected chi connectivity index (χ0v) is 17.0. The van der Waals surface area contributed by atoms with Crippen molar-refractivity contribution in [2.75, 3.05) is 5.32 Å². The van der Waals surface area contributed by atoms with Crippen molar-refractivity contribution in [1.82, 2.24) is 29.6 Å². The smallest absolute Gasteiger partial charge is 0.226 e. The Hall–Kier alpha value is -2.97. The Morgan fingerprint density at radius 2 is 1.79 bits per heavy atom. The number of hydrogen-bond acceptors (Lipinski definition) is 5. The van der Waals surface area contributed by atoms with E-state index < -0.39 is 0 Å². The predicted molar refractivity (Wildman–Crippen MR) is 109 cm³/mol. The average Bonchev–Trinajstić information content (AvgIpc) is 3.21. The molecule has 1 N–H and O–H groups in total. The minimum absolute atomic E-state index is 0.138. The van der Waals surface area contributed by atoms with E-state index in [2.05, 4.69) is 25.7 Å². The normalized spacial score (nSPS) is 16.1. The van der Waals surface area contributed by atoms with E-state index in [0.29, 0.717) is 33.2 Å². The first-order valence-electron chi connectivity index (χ1n) is 8.96. The summed E-state index contributed by atoms with van der Waals surface area (Å²) in [6.45, 7) is 3.71. The Balaban J connectivity index is 1.72. The topological polar surface area (TPSA) is 90.0 Å². The van der Waals surface area contributed by atoms with Crippen LogP contribution in [0.2, 0.25) is 10.0 Å². The van der Waals surface area contributed by atoms with E-state index in [1.54, 1.807) is 39.5 Å². The maximum atomic E-state index is 12.6. The highest BCUT2D eigenvalue weighted by Crippen LogP contribution is 2.44. The van der Waals surface area contributed by atoms with E-state index in [9.17, 15) is 4.79 Å². The van der Waals surface area contributed by atoms with Crippen LogP contribution in [0.3, 0.4) is 0 Å². The molecule has 0 radical (unpaired) electrons. The lowest BCUT2D eigenvalue weighted by Crippen LogP contribution is -2.25. The van der Waals surface area contributed by atoms with Gasteiger partial charge >= 0.3 is 0 Å². The summed E-state index contributed by atoms with van der Waals surface area (Å²) in [5.41, 5.74) is 3.01. The molecule has 0 aliphatic carbocycles. The number of anilines is 1. The van der Waals surface area contributed by atoms with Crippen LogP contribution in [0, 0.1) is 13.8 Å². The van der Waals surface area contributed by atoms with Crippen molar-refractivity contribution in [2.45, 2.75) is 26.2 Å². The van der Waals surface area contributed by atoms with Gasteiger partial charge in [-0.25, -0.2) is 0 Å². The molecule has 0 fully saturated rings. The van der Waals surface area contributed by atoms with Crippen molar-refractivity contribution in [3.8, 4) is 5.82 Å². The number of benzene rings is 1. The lowest BCUT2D eigenvalue weighted by Gasteiger charge is -2.25. The Labute approximate surface area is 175 Å². The molecular formula is C19H15Cl2N7O. The van der Waals surface area contributed by atoms with Crippen molar-refractivity contribution < 1.29 is 4.79 Å². The monoisotopic (exact) mass is 427 g/mol. The second-order valence-electron chi connectivity index (χ2n) is 6.91. The summed E-state index contributed by atoms with van der Waals surface area (Å²) in [7, 11) is 0. The van der Waals surface area contributed by atoms with Crippen molar-refractivity contribution >= 4 is 40.6 Å². The van der Waals surface area contributed by atoms with Crippen LogP contribution in [-0.2, 0) is 4.79 Å². The highest BCUT2D eigenvalue weighted by molar-refractivity contribution is 6.36. The number of carbonyl (C=O) groups is 1. The molecule has 1 aliphatic rings. The standard InChI is InChI=1S/C19H15Cl2N7O/c1-9-17-11(18-12(20)4-3-5-13(18)21)8-16(29)22-19(17)28(25-9)15-7-6-14-24-23-10(2)27(14)26-15/h3-7,11H,8H2,1-2H3,(H,22,29). The SMILES string of the molecule is Cc1nn(-c2ccc3nnc(C)n3n2)c2c1C(c1c(Cl)cccc1Cl)CC(=O)N2. The zero-order chi connectivity index (χ0) is 20.3. The van der Waals surface area contributed by atoms with Gasteiger partial charge in [-0.3, -0.25) is 4.79 Å². The summed E-state index contributed by atoms with van der Waals surface area (Å²) in [5, 5.41) is 21.3.